The monoisotopic (exact) mass is 415 g/mol. The van der Waals surface area contributed by atoms with Gasteiger partial charge in [0.15, 0.2) is 5.65 Å². The summed E-state index contributed by atoms with van der Waals surface area (Å²) < 4.78 is 1.54. The van der Waals surface area contributed by atoms with Gasteiger partial charge in [0, 0.05) is 11.8 Å². The molecule has 11 nitrogen and oxygen atoms in total. The van der Waals surface area contributed by atoms with E-state index in [4.69, 9.17) is 5.26 Å². The van der Waals surface area contributed by atoms with Gasteiger partial charge in [-0.15, -0.1) is 0 Å². The number of nitrogens with zero attached hydrogens (tertiary/aromatic N) is 6. The van der Waals surface area contributed by atoms with Crippen LogP contribution in [0.25, 0.3) is 11.7 Å². The topological polar surface area (TPSA) is 160 Å². The van der Waals surface area contributed by atoms with Gasteiger partial charge in [0.25, 0.3) is 5.62 Å². The van der Waals surface area contributed by atoms with Crippen molar-refractivity contribution in [3.05, 3.63) is 68.6 Å². The van der Waals surface area contributed by atoms with Crippen molar-refractivity contribution in [1.82, 2.24) is 29.5 Å². The van der Waals surface area contributed by atoms with Gasteiger partial charge in [-0.05, 0) is 36.6 Å². The number of hydrogen-bond donors (Lipinski definition) is 4. The normalized spacial score (nSPS) is 14.8. The maximum absolute atomic E-state index is 11.4. The van der Waals surface area contributed by atoms with Gasteiger partial charge in [-0.1, -0.05) is 12.1 Å². The SMILES string of the molecule is N#Cc1ccc(CNc2nc(=NC3CC3)n3nc/c(=C\c4[nH]c(=O)[nH]c4O)c3n2)cc1. The molecule has 3 heterocycles. The van der Waals surface area contributed by atoms with E-state index >= 15 is 0 Å². The molecule has 154 valence electrons. The van der Waals surface area contributed by atoms with E-state index in [1.807, 2.05) is 12.1 Å². The lowest BCUT2D eigenvalue weighted by Crippen LogP contribution is -2.24. The van der Waals surface area contributed by atoms with E-state index in [1.54, 1.807) is 28.9 Å². The van der Waals surface area contributed by atoms with Crippen LogP contribution in [-0.2, 0) is 6.54 Å². The minimum absolute atomic E-state index is 0.228. The third-order valence-corrected chi connectivity index (χ3v) is 4.79. The van der Waals surface area contributed by atoms with E-state index in [2.05, 4.69) is 41.4 Å². The van der Waals surface area contributed by atoms with Crippen LogP contribution in [0.1, 0.15) is 29.7 Å². The number of benzene rings is 1. The third kappa shape index (κ3) is 3.86. The Labute approximate surface area is 174 Å². The van der Waals surface area contributed by atoms with Crippen molar-refractivity contribution in [2.45, 2.75) is 25.4 Å². The number of fused-ring (bicyclic) bond motifs is 1. The Bertz CT molecular complexity index is 1480. The van der Waals surface area contributed by atoms with E-state index < -0.39 is 5.69 Å². The van der Waals surface area contributed by atoms with Crippen LogP contribution in [0.2, 0.25) is 0 Å². The molecule has 3 aromatic heterocycles. The van der Waals surface area contributed by atoms with Gasteiger partial charge < -0.3 is 15.4 Å². The molecule has 0 atom stereocenters. The lowest BCUT2D eigenvalue weighted by Gasteiger charge is -2.05. The quantitative estimate of drug-likeness (QED) is 0.355. The van der Waals surface area contributed by atoms with E-state index in [1.165, 1.54) is 0 Å². The Kier molecular flexibility index (Phi) is 4.44. The number of aromatic amines is 2. The summed E-state index contributed by atoms with van der Waals surface area (Å²) in [7, 11) is 0. The van der Waals surface area contributed by atoms with E-state index in [-0.39, 0.29) is 17.6 Å². The first-order valence-electron chi connectivity index (χ1n) is 9.64. The zero-order valence-electron chi connectivity index (χ0n) is 16.2. The second kappa shape index (κ2) is 7.42. The standard InChI is InChI=1S/C20H17N9O2/c21-8-11-1-3-12(4-2-11)9-22-18-26-16-13(7-15-17(30)27-20(31)25-15)10-23-29(16)19(28-18)24-14-5-6-14/h1-4,7,10,14,30H,5-6,9H2,(H,22,24,28)(H2,25,27,31)/b13-7+. The molecule has 1 aliphatic rings. The van der Waals surface area contributed by atoms with Gasteiger partial charge in [-0.25, -0.2) is 9.79 Å². The number of H-pyrrole nitrogens is 2. The van der Waals surface area contributed by atoms with Crippen molar-refractivity contribution in [1.29, 1.82) is 5.26 Å². The first kappa shape index (κ1) is 18.6. The van der Waals surface area contributed by atoms with Gasteiger partial charge in [0.05, 0.1) is 23.9 Å². The first-order valence-corrected chi connectivity index (χ1v) is 9.64. The molecule has 0 aliphatic heterocycles. The second-order valence-electron chi connectivity index (χ2n) is 7.19. The minimum Gasteiger partial charge on any atom is -0.493 e. The highest BCUT2D eigenvalue weighted by Crippen LogP contribution is 2.22. The summed E-state index contributed by atoms with van der Waals surface area (Å²) in [6.45, 7) is 0.462. The van der Waals surface area contributed by atoms with Crippen molar-refractivity contribution in [2.75, 3.05) is 5.32 Å². The maximum Gasteiger partial charge on any atom is 0.326 e. The van der Waals surface area contributed by atoms with Gasteiger partial charge in [-0.2, -0.15) is 24.8 Å². The lowest BCUT2D eigenvalue weighted by atomic mass is 10.1. The van der Waals surface area contributed by atoms with Crippen molar-refractivity contribution < 1.29 is 5.11 Å². The molecule has 1 saturated carbocycles. The average molecular weight is 415 g/mol. The summed E-state index contributed by atoms with van der Waals surface area (Å²) in [6, 6.07) is 9.56. The van der Waals surface area contributed by atoms with Crippen LogP contribution in [0.3, 0.4) is 0 Å². The molecular weight excluding hydrogens is 398 g/mol. The lowest BCUT2D eigenvalue weighted by molar-refractivity contribution is 0.454. The number of imidazole rings is 1. The molecule has 0 spiro atoms. The molecule has 4 N–H and O–H groups in total. The molecular formula is C20H17N9O2. The van der Waals surface area contributed by atoms with Crippen LogP contribution >= 0.6 is 0 Å². The highest BCUT2D eigenvalue weighted by molar-refractivity contribution is 5.57. The largest absolute Gasteiger partial charge is 0.493 e. The summed E-state index contributed by atoms with van der Waals surface area (Å²) in [5.74, 6) is 0.110. The summed E-state index contributed by atoms with van der Waals surface area (Å²) in [6.07, 6.45) is 5.18. The Hall–Kier alpha value is -4.46. The van der Waals surface area contributed by atoms with E-state index in [0.717, 1.165) is 18.4 Å². The molecule has 0 amide bonds. The number of nitriles is 1. The Morgan fingerprint density at radius 3 is 2.77 bits per heavy atom. The van der Waals surface area contributed by atoms with Gasteiger partial charge in [0.1, 0.15) is 5.69 Å². The smallest absolute Gasteiger partial charge is 0.326 e. The Morgan fingerprint density at radius 2 is 2.10 bits per heavy atom. The Balaban J connectivity index is 1.56. The molecule has 5 rings (SSSR count). The van der Waals surface area contributed by atoms with Crippen LogP contribution in [0, 0.1) is 11.3 Å². The predicted octanol–water partition coefficient (Wildman–Crippen LogP) is -0.0591. The number of hydrogen-bond acceptors (Lipinski definition) is 8. The van der Waals surface area contributed by atoms with Gasteiger partial charge in [0.2, 0.25) is 11.8 Å². The van der Waals surface area contributed by atoms with Crippen LogP contribution in [-0.4, -0.2) is 40.7 Å². The second-order valence-corrected chi connectivity index (χ2v) is 7.19. The highest BCUT2D eigenvalue weighted by Gasteiger charge is 2.21. The number of anilines is 1. The van der Waals surface area contributed by atoms with Crippen LogP contribution < -0.4 is 21.8 Å². The van der Waals surface area contributed by atoms with Crippen LogP contribution in [0.4, 0.5) is 5.95 Å². The Morgan fingerprint density at radius 1 is 1.29 bits per heavy atom. The van der Waals surface area contributed by atoms with Gasteiger partial charge >= 0.3 is 5.69 Å². The summed E-state index contributed by atoms with van der Waals surface area (Å²) >= 11 is 0. The first-order chi connectivity index (χ1) is 15.1. The maximum atomic E-state index is 11.4. The molecule has 4 aromatic rings. The van der Waals surface area contributed by atoms with Crippen LogP contribution in [0.5, 0.6) is 5.88 Å². The number of rotatable bonds is 5. The molecule has 0 bridgehead atoms. The molecule has 11 heteroatoms. The number of nitrogens with one attached hydrogen (secondary N) is 3. The zero-order chi connectivity index (χ0) is 21.4. The zero-order valence-corrected chi connectivity index (χ0v) is 16.2. The predicted molar refractivity (Wildman–Crippen MR) is 110 cm³/mol. The van der Waals surface area contributed by atoms with Crippen molar-refractivity contribution >= 4 is 17.7 Å². The van der Waals surface area contributed by atoms with E-state index in [9.17, 15) is 9.90 Å². The fraction of sp³-hybridized carbons (Fsp3) is 0.200. The third-order valence-electron chi connectivity index (χ3n) is 4.79. The highest BCUT2D eigenvalue weighted by atomic mass is 16.3. The molecule has 1 aliphatic carbocycles. The molecule has 1 fully saturated rings. The van der Waals surface area contributed by atoms with E-state index in [0.29, 0.717) is 34.5 Å². The molecule has 0 saturated heterocycles. The number of aromatic nitrogens is 6. The molecule has 31 heavy (non-hydrogen) atoms. The van der Waals surface area contributed by atoms with Crippen molar-refractivity contribution in [2.24, 2.45) is 4.99 Å². The molecule has 0 unspecified atom stereocenters. The van der Waals surface area contributed by atoms with Crippen molar-refractivity contribution in [3.63, 3.8) is 0 Å². The van der Waals surface area contributed by atoms with Crippen molar-refractivity contribution in [3.8, 4) is 11.9 Å². The fourth-order valence-electron chi connectivity index (χ4n) is 3.04. The van der Waals surface area contributed by atoms with Crippen LogP contribution in [0.15, 0.2) is 40.2 Å². The fourth-order valence-corrected chi connectivity index (χ4v) is 3.04. The molecule has 1 aromatic carbocycles. The number of aromatic hydroxyl groups is 1. The molecule has 0 radical (unpaired) electrons. The average Bonchev–Trinajstić information content (AvgIpc) is 3.41. The summed E-state index contributed by atoms with van der Waals surface area (Å²) in [5.41, 5.74) is 2.20. The summed E-state index contributed by atoms with van der Waals surface area (Å²) in [5, 5.41) is 26.9. The summed E-state index contributed by atoms with van der Waals surface area (Å²) in [4.78, 5) is 29.9. The minimum atomic E-state index is -0.510. The van der Waals surface area contributed by atoms with Gasteiger partial charge in [-0.3, -0.25) is 4.98 Å².